The van der Waals surface area contributed by atoms with Crippen LogP contribution in [0.25, 0.3) is 10.8 Å². The number of fused-ring (bicyclic) bond motifs is 1. The molecular formula is C31H43FO2. The van der Waals surface area contributed by atoms with Crippen molar-refractivity contribution in [2.75, 3.05) is 0 Å². The van der Waals surface area contributed by atoms with Crippen molar-refractivity contribution in [1.29, 1.82) is 0 Å². The van der Waals surface area contributed by atoms with Gasteiger partial charge in [-0.2, -0.15) is 0 Å². The van der Waals surface area contributed by atoms with Gasteiger partial charge < -0.3 is 5.11 Å². The van der Waals surface area contributed by atoms with Crippen LogP contribution in [-0.2, 0) is 11.2 Å². The fourth-order valence-corrected chi connectivity index (χ4v) is 4.43. The highest BCUT2D eigenvalue weighted by molar-refractivity contribution is 5.86. The van der Waals surface area contributed by atoms with Crippen LogP contribution in [0.5, 0.6) is 0 Å². The predicted molar refractivity (Wildman–Crippen MR) is 144 cm³/mol. The third kappa shape index (κ3) is 8.59. The number of benzene rings is 3. The molecule has 186 valence electrons. The molecule has 1 N–H and O–H groups in total. The van der Waals surface area contributed by atoms with Crippen LogP contribution in [0, 0.1) is 11.7 Å². The van der Waals surface area contributed by atoms with Crippen molar-refractivity contribution >= 4 is 16.7 Å². The quantitative estimate of drug-likeness (QED) is 0.416. The van der Waals surface area contributed by atoms with E-state index in [2.05, 4.69) is 32.9 Å². The van der Waals surface area contributed by atoms with Gasteiger partial charge in [-0.1, -0.05) is 109 Å². The van der Waals surface area contributed by atoms with Crippen LogP contribution >= 0.6 is 0 Å². The summed E-state index contributed by atoms with van der Waals surface area (Å²) in [4.78, 5) is 10.7. The van der Waals surface area contributed by atoms with Gasteiger partial charge in [0.05, 0.1) is 6.42 Å². The number of hydrogen-bond acceptors (Lipinski definition) is 1. The Labute approximate surface area is 206 Å². The van der Waals surface area contributed by atoms with E-state index in [1.54, 1.807) is 6.07 Å². The molecule has 1 aliphatic carbocycles. The van der Waals surface area contributed by atoms with E-state index in [0.717, 1.165) is 22.3 Å². The van der Waals surface area contributed by atoms with E-state index in [0.29, 0.717) is 11.8 Å². The molecule has 1 fully saturated rings. The highest BCUT2D eigenvalue weighted by Crippen LogP contribution is 2.38. The number of carboxylic acids is 1. The first-order valence-electron chi connectivity index (χ1n) is 12.8. The number of carboxylic acid groups (broad SMARTS) is 1. The molecule has 0 bridgehead atoms. The molecule has 0 aliphatic heterocycles. The van der Waals surface area contributed by atoms with Crippen molar-refractivity contribution in [2.45, 2.75) is 86.0 Å². The second-order valence-electron chi connectivity index (χ2n) is 8.77. The predicted octanol–water partition coefficient (Wildman–Crippen LogP) is 9.37. The Hall–Kier alpha value is -2.68. The van der Waals surface area contributed by atoms with Gasteiger partial charge in [0.25, 0.3) is 0 Å². The molecule has 34 heavy (non-hydrogen) atoms. The molecule has 3 heteroatoms. The van der Waals surface area contributed by atoms with Crippen LogP contribution < -0.4 is 0 Å². The summed E-state index contributed by atoms with van der Waals surface area (Å²) in [5, 5.41) is 10.5. The van der Waals surface area contributed by atoms with Crippen LogP contribution in [0.2, 0.25) is 0 Å². The highest BCUT2D eigenvalue weighted by atomic mass is 19.1. The Morgan fingerprint density at radius 1 is 0.941 bits per heavy atom. The van der Waals surface area contributed by atoms with Crippen LogP contribution in [0.1, 0.15) is 96.3 Å². The Kier molecular flexibility index (Phi) is 13.2. The molecule has 3 aromatic rings. The Balaban J connectivity index is 0.000000299. The van der Waals surface area contributed by atoms with Gasteiger partial charge in [-0.05, 0) is 58.7 Å². The van der Waals surface area contributed by atoms with E-state index in [-0.39, 0.29) is 12.2 Å². The monoisotopic (exact) mass is 466 g/mol. The van der Waals surface area contributed by atoms with Crippen LogP contribution in [0.4, 0.5) is 4.39 Å². The van der Waals surface area contributed by atoms with Gasteiger partial charge in [0.15, 0.2) is 0 Å². The molecule has 0 aromatic heterocycles. The number of halogens is 1. The molecule has 1 saturated carbocycles. The van der Waals surface area contributed by atoms with E-state index < -0.39 is 5.97 Å². The molecule has 2 unspecified atom stereocenters. The molecule has 0 saturated heterocycles. The van der Waals surface area contributed by atoms with Gasteiger partial charge in [-0.25, -0.2) is 4.39 Å². The molecule has 0 spiro atoms. The average Bonchev–Trinajstić information content (AvgIpc) is 3.28. The Bertz CT molecular complexity index is 1010. The lowest BCUT2D eigenvalue weighted by Gasteiger charge is -2.11. The van der Waals surface area contributed by atoms with Gasteiger partial charge >= 0.3 is 5.97 Å². The summed E-state index contributed by atoms with van der Waals surface area (Å²) < 4.78 is 13.4. The molecule has 0 heterocycles. The molecule has 2 nitrogen and oxygen atoms in total. The lowest BCUT2D eigenvalue weighted by Crippen LogP contribution is -2.01. The maximum absolute atomic E-state index is 13.4. The summed E-state index contributed by atoms with van der Waals surface area (Å²) in [5.41, 5.74) is 3.45. The molecule has 0 amide bonds. The van der Waals surface area contributed by atoms with E-state index in [1.165, 1.54) is 30.4 Å². The smallest absolute Gasteiger partial charge is 0.307 e. The second kappa shape index (κ2) is 15.3. The van der Waals surface area contributed by atoms with E-state index in [1.807, 2.05) is 70.2 Å². The number of aliphatic carboxylic acids is 1. The van der Waals surface area contributed by atoms with Crippen molar-refractivity contribution in [3.63, 3.8) is 0 Å². The summed E-state index contributed by atoms with van der Waals surface area (Å²) in [6, 6.07) is 19.1. The molecule has 3 aromatic carbocycles. The van der Waals surface area contributed by atoms with E-state index in [4.69, 9.17) is 5.11 Å². The van der Waals surface area contributed by atoms with Crippen LogP contribution in [0.3, 0.4) is 0 Å². The number of hydrogen-bond donors (Lipinski definition) is 1. The maximum atomic E-state index is 13.4. The van der Waals surface area contributed by atoms with Crippen molar-refractivity contribution in [3.8, 4) is 0 Å². The Morgan fingerprint density at radius 2 is 1.59 bits per heavy atom. The summed E-state index contributed by atoms with van der Waals surface area (Å²) in [6.45, 7) is 14.5. The van der Waals surface area contributed by atoms with Crippen molar-refractivity contribution in [3.05, 3.63) is 83.2 Å². The number of carbonyl (C=O) groups is 1. The molecule has 0 radical (unpaired) electrons. The van der Waals surface area contributed by atoms with Crippen LogP contribution in [-0.4, -0.2) is 11.1 Å². The summed E-state index contributed by atoms with van der Waals surface area (Å²) in [5.74, 6) is 0.999. The second-order valence-corrected chi connectivity index (χ2v) is 8.77. The largest absolute Gasteiger partial charge is 0.481 e. The topological polar surface area (TPSA) is 37.3 Å². The van der Waals surface area contributed by atoms with Crippen molar-refractivity contribution < 1.29 is 14.3 Å². The minimum atomic E-state index is -0.753. The van der Waals surface area contributed by atoms with Gasteiger partial charge in [0, 0.05) is 5.39 Å². The fraction of sp³-hybridized carbons (Fsp3) is 0.452. The summed E-state index contributed by atoms with van der Waals surface area (Å²) in [7, 11) is 0. The lowest BCUT2D eigenvalue weighted by atomic mass is 9.94. The number of rotatable bonds is 4. The standard InChI is InChI=1S/C14H18O2.C13H13F.2C2H6/c1-10-5-6-13(7-10)12-4-2-3-11(8-12)9-14(15)16;1-9(2)10-7-8-13(14)12-6-4-3-5-11(10)12;2*1-2/h2-4,8,10,13H,5-7,9H2,1H3,(H,15,16);3-9H,1-2H3;2*1-2H3. The van der Waals surface area contributed by atoms with Gasteiger partial charge in [0.1, 0.15) is 5.82 Å². The van der Waals surface area contributed by atoms with Crippen molar-refractivity contribution in [2.24, 2.45) is 5.92 Å². The summed E-state index contributed by atoms with van der Waals surface area (Å²) in [6.07, 6.45) is 3.93. The zero-order valence-electron chi connectivity index (χ0n) is 22.1. The van der Waals surface area contributed by atoms with Crippen molar-refractivity contribution in [1.82, 2.24) is 0 Å². The molecule has 4 rings (SSSR count). The van der Waals surface area contributed by atoms with Gasteiger partial charge in [0.2, 0.25) is 0 Å². The lowest BCUT2D eigenvalue weighted by molar-refractivity contribution is -0.136. The molecular weight excluding hydrogens is 423 g/mol. The fourth-order valence-electron chi connectivity index (χ4n) is 4.43. The third-order valence-corrected chi connectivity index (χ3v) is 6.00. The first kappa shape index (κ1) is 29.4. The normalized spacial score (nSPS) is 16.5. The van der Waals surface area contributed by atoms with Gasteiger partial charge in [-0.3, -0.25) is 4.79 Å². The minimum absolute atomic E-state index is 0.134. The molecule has 2 atom stereocenters. The average molecular weight is 467 g/mol. The van der Waals surface area contributed by atoms with E-state index in [9.17, 15) is 9.18 Å². The summed E-state index contributed by atoms with van der Waals surface area (Å²) >= 11 is 0. The van der Waals surface area contributed by atoms with E-state index >= 15 is 0 Å². The maximum Gasteiger partial charge on any atom is 0.307 e. The minimum Gasteiger partial charge on any atom is -0.481 e. The third-order valence-electron chi connectivity index (χ3n) is 6.00. The first-order valence-corrected chi connectivity index (χ1v) is 12.8. The Morgan fingerprint density at radius 3 is 2.15 bits per heavy atom. The first-order chi connectivity index (χ1) is 16.3. The molecule has 1 aliphatic rings. The SMILES string of the molecule is CC.CC.CC(C)c1ccc(F)c2ccccc12.CC1CCC(c2cccc(CC(=O)O)c2)C1. The highest BCUT2D eigenvalue weighted by Gasteiger charge is 2.22. The van der Waals surface area contributed by atoms with Crippen LogP contribution in [0.15, 0.2) is 60.7 Å². The zero-order valence-corrected chi connectivity index (χ0v) is 22.1. The van der Waals surface area contributed by atoms with Gasteiger partial charge in [-0.15, -0.1) is 0 Å². The zero-order chi connectivity index (χ0) is 25.7.